The van der Waals surface area contributed by atoms with Crippen molar-refractivity contribution in [2.75, 3.05) is 11.9 Å². The van der Waals surface area contributed by atoms with Crippen molar-refractivity contribution >= 4 is 45.0 Å². The molecule has 3 N–H and O–H groups in total. The van der Waals surface area contributed by atoms with Crippen LogP contribution in [0.1, 0.15) is 16.6 Å². The highest BCUT2D eigenvalue weighted by molar-refractivity contribution is 9.10. The number of anilines is 1. The molecule has 7 heteroatoms. The van der Waals surface area contributed by atoms with Crippen LogP contribution in [0.3, 0.4) is 0 Å². The van der Waals surface area contributed by atoms with Crippen LogP contribution in [0.5, 0.6) is 0 Å². The molecule has 0 spiro atoms. The zero-order chi connectivity index (χ0) is 15.4. The molecule has 0 atom stereocenters. The van der Waals surface area contributed by atoms with E-state index < -0.39 is 12.0 Å². The Kier molecular flexibility index (Phi) is 4.98. The zero-order valence-electron chi connectivity index (χ0n) is 11.1. The van der Waals surface area contributed by atoms with Gasteiger partial charge in [-0.3, -0.25) is 0 Å². The third kappa shape index (κ3) is 3.62. The molecular weight excluding hydrogens is 356 g/mol. The number of rotatable bonds is 4. The topological polar surface area (TPSA) is 78.4 Å². The number of hydrogen-bond donors (Lipinski definition) is 3. The third-order valence-corrected chi connectivity index (χ3v) is 4.21. The molecule has 0 aliphatic carbocycles. The van der Waals surface area contributed by atoms with Gasteiger partial charge in [-0.1, -0.05) is 28.1 Å². The van der Waals surface area contributed by atoms with Gasteiger partial charge in [-0.2, -0.15) is 0 Å². The maximum atomic E-state index is 11.7. The molecule has 2 aromatic rings. The first-order valence-corrected chi connectivity index (χ1v) is 7.85. The molecule has 0 aliphatic rings. The number of carboxylic acid groups (broad SMARTS) is 1. The van der Waals surface area contributed by atoms with Crippen LogP contribution in [0.4, 0.5) is 10.5 Å². The summed E-state index contributed by atoms with van der Waals surface area (Å²) in [5, 5.41) is 16.2. The number of benzene rings is 1. The van der Waals surface area contributed by atoms with Crippen molar-refractivity contribution in [1.29, 1.82) is 0 Å². The lowest BCUT2D eigenvalue weighted by molar-refractivity contribution is 0.0703. The summed E-state index contributed by atoms with van der Waals surface area (Å²) in [4.78, 5) is 23.1. The summed E-state index contributed by atoms with van der Waals surface area (Å²) >= 11 is 4.44. The molecule has 2 amide bonds. The van der Waals surface area contributed by atoms with Crippen LogP contribution in [-0.4, -0.2) is 23.7 Å². The van der Waals surface area contributed by atoms with Crippen molar-refractivity contribution in [2.24, 2.45) is 0 Å². The molecule has 0 saturated carbocycles. The molecule has 0 aliphatic heterocycles. The standard InChI is InChI=1S/C14H13BrN2O3S/c1-2-16-14(20)17-11-10(7-21-12(11)13(18)19)8-3-5-9(15)6-4-8/h3-7H,2H2,1H3,(H,18,19)(H2,16,17,20). The first-order valence-electron chi connectivity index (χ1n) is 6.18. The van der Waals surface area contributed by atoms with Crippen molar-refractivity contribution in [3.05, 3.63) is 39.0 Å². The molecule has 0 fully saturated rings. The second-order valence-corrected chi connectivity index (χ2v) is 5.95. The molecule has 0 saturated heterocycles. The summed E-state index contributed by atoms with van der Waals surface area (Å²) in [6.07, 6.45) is 0. The van der Waals surface area contributed by atoms with Gasteiger partial charge in [0.1, 0.15) is 4.88 Å². The van der Waals surface area contributed by atoms with Crippen LogP contribution in [0.2, 0.25) is 0 Å². The van der Waals surface area contributed by atoms with E-state index in [0.717, 1.165) is 21.4 Å². The lowest BCUT2D eigenvalue weighted by Gasteiger charge is -2.09. The van der Waals surface area contributed by atoms with Crippen LogP contribution in [0.25, 0.3) is 11.1 Å². The van der Waals surface area contributed by atoms with E-state index in [4.69, 9.17) is 0 Å². The minimum Gasteiger partial charge on any atom is -0.477 e. The molecule has 0 radical (unpaired) electrons. The molecule has 2 rings (SSSR count). The molecule has 5 nitrogen and oxygen atoms in total. The molecular formula is C14H13BrN2O3S. The van der Waals surface area contributed by atoms with Gasteiger partial charge >= 0.3 is 12.0 Å². The van der Waals surface area contributed by atoms with Gasteiger partial charge in [0.25, 0.3) is 0 Å². The van der Waals surface area contributed by atoms with Gasteiger partial charge in [0.15, 0.2) is 0 Å². The molecule has 1 aromatic heterocycles. The maximum Gasteiger partial charge on any atom is 0.348 e. The molecule has 0 unspecified atom stereocenters. The Hall–Kier alpha value is -1.86. The number of carbonyl (C=O) groups is 2. The van der Waals surface area contributed by atoms with Crippen molar-refractivity contribution in [3.8, 4) is 11.1 Å². The minimum absolute atomic E-state index is 0.110. The molecule has 21 heavy (non-hydrogen) atoms. The zero-order valence-corrected chi connectivity index (χ0v) is 13.5. The number of halogens is 1. The smallest absolute Gasteiger partial charge is 0.348 e. The van der Waals surface area contributed by atoms with Gasteiger partial charge in [0.05, 0.1) is 5.69 Å². The molecule has 1 heterocycles. The van der Waals surface area contributed by atoms with E-state index in [1.165, 1.54) is 0 Å². The summed E-state index contributed by atoms with van der Waals surface area (Å²) in [6, 6.07) is 7.03. The summed E-state index contributed by atoms with van der Waals surface area (Å²) < 4.78 is 0.929. The van der Waals surface area contributed by atoms with Crippen LogP contribution in [0, 0.1) is 0 Å². The fraction of sp³-hybridized carbons (Fsp3) is 0.143. The highest BCUT2D eigenvalue weighted by atomic mass is 79.9. The fourth-order valence-electron chi connectivity index (χ4n) is 1.80. The maximum absolute atomic E-state index is 11.7. The lowest BCUT2D eigenvalue weighted by Crippen LogP contribution is -2.28. The summed E-state index contributed by atoms with van der Waals surface area (Å²) in [5.41, 5.74) is 1.85. The van der Waals surface area contributed by atoms with Gasteiger partial charge in [-0.25, -0.2) is 9.59 Å². The Balaban J connectivity index is 2.43. The number of nitrogens with one attached hydrogen (secondary N) is 2. The monoisotopic (exact) mass is 368 g/mol. The predicted octanol–water partition coefficient (Wildman–Crippen LogP) is 4.02. The van der Waals surface area contributed by atoms with E-state index in [1.807, 2.05) is 24.3 Å². The largest absolute Gasteiger partial charge is 0.477 e. The number of aromatic carboxylic acids is 1. The third-order valence-electron chi connectivity index (χ3n) is 2.72. The van der Waals surface area contributed by atoms with Gasteiger partial charge in [0, 0.05) is 22.0 Å². The first-order chi connectivity index (χ1) is 10.0. The van der Waals surface area contributed by atoms with E-state index >= 15 is 0 Å². The van der Waals surface area contributed by atoms with Crippen LogP contribution in [0.15, 0.2) is 34.1 Å². The normalized spacial score (nSPS) is 10.2. The lowest BCUT2D eigenvalue weighted by atomic mass is 10.1. The van der Waals surface area contributed by atoms with Gasteiger partial charge < -0.3 is 15.7 Å². The Bertz CT molecular complexity index is 667. The highest BCUT2D eigenvalue weighted by Crippen LogP contribution is 2.36. The van der Waals surface area contributed by atoms with Crippen LogP contribution < -0.4 is 10.6 Å². The van der Waals surface area contributed by atoms with Crippen molar-refractivity contribution < 1.29 is 14.7 Å². The summed E-state index contributed by atoms with van der Waals surface area (Å²) in [7, 11) is 0. The first kappa shape index (κ1) is 15.5. The van der Waals surface area contributed by atoms with Crippen molar-refractivity contribution in [3.63, 3.8) is 0 Å². The summed E-state index contributed by atoms with van der Waals surface area (Å²) in [6.45, 7) is 2.26. The number of amides is 2. The van der Waals surface area contributed by atoms with E-state index in [1.54, 1.807) is 12.3 Å². The van der Waals surface area contributed by atoms with E-state index in [9.17, 15) is 14.7 Å². The Labute approximate surface area is 134 Å². The Morgan fingerprint density at radius 1 is 1.29 bits per heavy atom. The molecule has 0 bridgehead atoms. The van der Waals surface area contributed by atoms with E-state index in [2.05, 4.69) is 26.6 Å². The average molecular weight is 369 g/mol. The van der Waals surface area contributed by atoms with Gasteiger partial charge in [0.2, 0.25) is 0 Å². The second-order valence-electron chi connectivity index (χ2n) is 4.15. The second kappa shape index (κ2) is 6.73. The van der Waals surface area contributed by atoms with Gasteiger partial charge in [-0.05, 0) is 24.6 Å². The Morgan fingerprint density at radius 2 is 1.95 bits per heavy atom. The quantitative estimate of drug-likeness (QED) is 0.762. The number of thiophene rings is 1. The van der Waals surface area contributed by atoms with E-state index in [-0.39, 0.29) is 4.88 Å². The molecule has 110 valence electrons. The number of carbonyl (C=O) groups excluding carboxylic acids is 1. The van der Waals surface area contributed by atoms with Crippen LogP contribution in [-0.2, 0) is 0 Å². The van der Waals surface area contributed by atoms with Crippen molar-refractivity contribution in [2.45, 2.75) is 6.92 Å². The van der Waals surface area contributed by atoms with Crippen LogP contribution >= 0.6 is 27.3 Å². The molecule has 1 aromatic carbocycles. The number of hydrogen-bond acceptors (Lipinski definition) is 3. The minimum atomic E-state index is -1.06. The number of carboxylic acids is 1. The fourth-order valence-corrected chi connectivity index (χ4v) is 2.93. The number of urea groups is 1. The average Bonchev–Trinajstić information content (AvgIpc) is 2.83. The SMILES string of the molecule is CCNC(=O)Nc1c(-c2ccc(Br)cc2)csc1C(=O)O. The van der Waals surface area contributed by atoms with Gasteiger partial charge in [-0.15, -0.1) is 11.3 Å². The summed E-state index contributed by atoms with van der Waals surface area (Å²) in [5.74, 6) is -1.06. The van der Waals surface area contributed by atoms with E-state index in [0.29, 0.717) is 17.8 Å². The van der Waals surface area contributed by atoms with Crippen molar-refractivity contribution in [1.82, 2.24) is 5.32 Å². The Morgan fingerprint density at radius 3 is 2.52 bits per heavy atom. The highest BCUT2D eigenvalue weighted by Gasteiger charge is 2.20. The predicted molar refractivity (Wildman–Crippen MR) is 87.1 cm³/mol.